The van der Waals surface area contributed by atoms with Gasteiger partial charge in [-0.1, -0.05) is 29.8 Å². The van der Waals surface area contributed by atoms with Crippen molar-refractivity contribution in [3.8, 4) is 17.3 Å². The Balaban J connectivity index is 1.55. The number of aromatic nitrogens is 2. The number of benzene rings is 2. The predicted molar refractivity (Wildman–Crippen MR) is 108 cm³/mol. The van der Waals surface area contributed by atoms with Crippen molar-refractivity contribution in [1.29, 1.82) is 5.26 Å². The molecule has 1 aromatic heterocycles. The third-order valence-electron chi connectivity index (χ3n) is 5.33. The van der Waals surface area contributed by atoms with E-state index in [2.05, 4.69) is 10.2 Å². The van der Waals surface area contributed by atoms with E-state index < -0.39 is 5.67 Å². The summed E-state index contributed by atoms with van der Waals surface area (Å²) >= 11 is 6.32. The third-order valence-corrected chi connectivity index (χ3v) is 5.79. The second-order valence-corrected chi connectivity index (χ2v) is 7.72. The highest BCUT2D eigenvalue weighted by Crippen LogP contribution is 2.38. The number of hydrogen-bond donors (Lipinski definition) is 1. The number of carbonyl (C=O) groups excluding carboxylic acids is 1. The van der Waals surface area contributed by atoms with Gasteiger partial charge < -0.3 is 4.90 Å². The van der Waals surface area contributed by atoms with Gasteiger partial charge in [0.25, 0.3) is 5.91 Å². The number of amides is 1. The molecule has 7 heteroatoms. The molecule has 0 atom stereocenters. The van der Waals surface area contributed by atoms with Crippen molar-refractivity contribution in [2.45, 2.75) is 19.5 Å². The number of nitrogens with zero attached hydrogens (tertiary/aromatic N) is 3. The zero-order valence-electron chi connectivity index (χ0n) is 16.0. The first-order valence-corrected chi connectivity index (χ1v) is 9.50. The average molecular weight is 409 g/mol. The molecule has 2 aromatic carbocycles. The Bertz CT molecular complexity index is 1140. The smallest absolute Gasteiger partial charge is 0.254 e. The van der Waals surface area contributed by atoms with E-state index in [0.29, 0.717) is 33.1 Å². The van der Waals surface area contributed by atoms with E-state index in [4.69, 9.17) is 16.9 Å². The highest BCUT2D eigenvalue weighted by atomic mass is 35.5. The van der Waals surface area contributed by atoms with Gasteiger partial charge in [-0.25, -0.2) is 4.39 Å². The van der Waals surface area contributed by atoms with Crippen LogP contribution in [0.1, 0.15) is 32.7 Å². The number of nitriles is 1. The Hall–Kier alpha value is -3.17. The number of halogens is 2. The number of H-pyrrole nitrogens is 1. The van der Waals surface area contributed by atoms with Gasteiger partial charge >= 0.3 is 0 Å². The van der Waals surface area contributed by atoms with Gasteiger partial charge in [0.05, 0.1) is 41.1 Å². The zero-order valence-corrected chi connectivity index (χ0v) is 16.7. The molecule has 0 bridgehead atoms. The fraction of sp³-hybridized carbons (Fsp3) is 0.227. The summed E-state index contributed by atoms with van der Waals surface area (Å²) in [6.07, 6.45) is 0. The molecule has 4 rings (SSSR count). The summed E-state index contributed by atoms with van der Waals surface area (Å²) in [5, 5.41) is 16.4. The van der Waals surface area contributed by atoms with Crippen molar-refractivity contribution in [2.75, 3.05) is 13.1 Å². The summed E-state index contributed by atoms with van der Waals surface area (Å²) in [4.78, 5) is 14.4. The number of carbonyl (C=O) groups is 1. The monoisotopic (exact) mass is 408 g/mol. The van der Waals surface area contributed by atoms with E-state index in [0.717, 1.165) is 11.1 Å². The molecule has 0 spiro atoms. The average Bonchev–Trinajstić information content (AvgIpc) is 3.04. The minimum absolute atomic E-state index is 0.0230. The molecule has 29 heavy (non-hydrogen) atoms. The van der Waals surface area contributed by atoms with E-state index in [1.165, 1.54) is 4.90 Å². The van der Waals surface area contributed by atoms with Gasteiger partial charge in [0.2, 0.25) is 0 Å². The van der Waals surface area contributed by atoms with Gasteiger partial charge in [-0.3, -0.25) is 9.89 Å². The number of aromatic amines is 1. The maximum atomic E-state index is 15.2. The highest BCUT2D eigenvalue weighted by Gasteiger charge is 2.47. The summed E-state index contributed by atoms with van der Waals surface area (Å²) in [7, 11) is 0. The molecule has 1 aliphatic heterocycles. The molecule has 2 heterocycles. The van der Waals surface area contributed by atoms with Crippen LogP contribution in [0.3, 0.4) is 0 Å². The second-order valence-electron chi connectivity index (χ2n) is 7.34. The molecule has 0 aliphatic carbocycles. The molecule has 1 fully saturated rings. The summed E-state index contributed by atoms with van der Waals surface area (Å²) < 4.78 is 15.2. The number of aryl methyl sites for hydroxylation is 2. The Morgan fingerprint density at radius 1 is 1.24 bits per heavy atom. The van der Waals surface area contributed by atoms with Crippen LogP contribution in [0.2, 0.25) is 5.02 Å². The lowest BCUT2D eigenvalue weighted by molar-refractivity contribution is -0.0231. The summed E-state index contributed by atoms with van der Waals surface area (Å²) in [5.74, 6) is -0.236. The van der Waals surface area contributed by atoms with Crippen LogP contribution in [0.5, 0.6) is 0 Å². The number of alkyl halides is 1. The standard InChI is InChI=1S/C22H18ClFN4O/c1-13-3-6-16(9-18(13)20-19(23)14(2)26-27-20)21(29)28-11-22(24,12-28)17-7-4-15(10-25)5-8-17/h3-9H,11-12H2,1-2H3,(H,26,27). The number of rotatable bonds is 3. The van der Waals surface area contributed by atoms with Crippen molar-refractivity contribution in [3.05, 3.63) is 75.4 Å². The molecule has 1 saturated heterocycles. The van der Waals surface area contributed by atoms with Crippen LogP contribution in [0.4, 0.5) is 4.39 Å². The van der Waals surface area contributed by atoms with Crippen molar-refractivity contribution in [2.24, 2.45) is 0 Å². The minimum atomic E-state index is -1.60. The van der Waals surface area contributed by atoms with Gasteiger partial charge in [0.15, 0.2) is 5.67 Å². The summed E-state index contributed by atoms with van der Waals surface area (Å²) in [5.41, 5.74) is 2.92. The van der Waals surface area contributed by atoms with E-state index >= 15 is 4.39 Å². The first kappa shape index (κ1) is 19.2. The van der Waals surface area contributed by atoms with Gasteiger partial charge in [0, 0.05) is 11.1 Å². The third kappa shape index (κ3) is 3.28. The Morgan fingerprint density at radius 2 is 1.93 bits per heavy atom. The SMILES string of the molecule is Cc1ccc(C(=O)N2CC(F)(c3ccc(C#N)cc3)C2)cc1-c1[nH]nc(C)c1Cl. The van der Waals surface area contributed by atoms with Crippen molar-refractivity contribution >= 4 is 17.5 Å². The summed E-state index contributed by atoms with van der Waals surface area (Å²) in [6, 6.07) is 13.7. The Kier molecular flexibility index (Phi) is 4.64. The van der Waals surface area contributed by atoms with Gasteiger partial charge in [-0.05, 0) is 49.2 Å². The van der Waals surface area contributed by atoms with Crippen LogP contribution < -0.4 is 0 Å². The van der Waals surface area contributed by atoms with Gasteiger partial charge in [-0.15, -0.1) is 0 Å². The van der Waals surface area contributed by atoms with Crippen LogP contribution in [0.15, 0.2) is 42.5 Å². The predicted octanol–water partition coefficient (Wildman–Crippen LogP) is 4.54. The van der Waals surface area contributed by atoms with Crippen LogP contribution in [-0.2, 0) is 5.67 Å². The normalized spacial score (nSPS) is 14.9. The van der Waals surface area contributed by atoms with Crippen LogP contribution in [-0.4, -0.2) is 34.1 Å². The molecule has 1 N–H and O–H groups in total. The van der Waals surface area contributed by atoms with E-state index in [1.807, 2.05) is 19.1 Å². The van der Waals surface area contributed by atoms with Gasteiger partial charge in [-0.2, -0.15) is 10.4 Å². The van der Waals surface area contributed by atoms with E-state index in [9.17, 15) is 4.79 Å². The first-order chi connectivity index (χ1) is 13.8. The molecule has 1 amide bonds. The number of likely N-dealkylation sites (tertiary alicyclic amines) is 1. The molecule has 5 nitrogen and oxygen atoms in total. The van der Waals surface area contributed by atoms with E-state index in [-0.39, 0.29) is 19.0 Å². The molecule has 0 unspecified atom stereocenters. The van der Waals surface area contributed by atoms with Crippen molar-refractivity contribution in [1.82, 2.24) is 15.1 Å². The van der Waals surface area contributed by atoms with E-state index in [1.54, 1.807) is 43.3 Å². The molecule has 3 aromatic rings. The quantitative estimate of drug-likeness (QED) is 0.691. The number of hydrogen-bond acceptors (Lipinski definition) is 3. The van der Waals surface area contributed by atoms with Gasteiger partial charge in [0.1, 0.15) is 0 Å². The van der Waals surface area contributed by atoms with Crippen molar-refractivity contribution < 1.29 is 9.18 Å². The summed E-state index contributed by atoms with van der Waals surface area (Å²) in [6.45, 7) is 3.68. The molecule has 0 radical (unpaired) electrons. The minimum Gasteiger partial charge on any atom is -0.331 e. The zero-order chi connectivity index (χ0) is 20.8. The maximum Gasteiger partial charge on any atom is 0.254 e. The largest absolute Gasteiger partial charge is 0.331 e. The lowest BCUT2D eigenvalue weighted by Crippen LogP contribution is -2.58. The lowest BCUT2D eigenvalue weighted by Gasteiger charge is -2.44. The molecular formula is C22H18ClFN4O. The Labute approximate surface area is 172 Å². The highest BCUT2D eigenvalue weighted by molar-refractivity contribution is 6.33. The first-order valence-electron chi connectivity index (χ1n) is 9.13. The molecule has 1 aliphatic rings. The maximum absolute atomic E-state index is 15.2. The molecule has 146 valence electrons. The van der Waals surface area contributed by atoms with Crippen molar-refractivity contribution in [3.63, 3.8) is 0 Å². The Morgan fingerprint density at radius 3 is 2.52 bits per heavy atom. The lowest BCUT2D eigenvalue weighted by atomic mass is 9.87. The second kappa shape index (κ2) is 7.02. The van der Waals surface area contributed by atoms with Crippen LogP contribution >= 0.6 is 11.6 Å². The number of nitrogens with one attached hydrogen (secondary N) is 1. The molecular weight excluding hydrogens is 391 g/mol. The van der Waals surface area contributed by atoms with Crippen LogP contribution in [0.25, 0.3) is 11.3 Å². The fourth-order valence-electron chi connectivity index (χ4n) is 3.53. The van der Waals surface area contributed by atoms with Crippen LogP contribution in [0, 0.1) is 25.2 Å². The topological polar surface area (TPSA) is 72.8 Å². The fourth-order valence-corrected chi connectivity index (χ4v) is 3.72. The molecule has 0 saturated carbocycles.